The van der Waals surface area contributed by atoms with E-state index in [4.69, 9.17) is 9.15 Å². The van der Waals surface area contributed by atoms with Crippen molar-refractivity contribution in [3.8, 4) is 0 Å². The van der Waals surface area contributed by atoms with Crippen LogP contribution < -0.4 is 11.1 Å². The summed E-state index contributed by atoms with van der Waals surface area (Å²) in [6, 6.07) is 4.98. The Bertz CT molecular complexity index is 684. The lowest BCUT2D eigenvalue weighted by Crippen LogP contribution is -2.28. The smallest absolute Gasteiger partial charge is 0.408 e. The topological polar surface area (TPSA) is 84.3 Å². The Labute approximate surface area is 115 Å². The van der Waals surface area contributed by atoms with Crippen LogP contribution in [0, 0.1) is 5.92 Å². The van der Waals surface area contributed by atoms with Gasteiger partial charge < -0.3 is 14.5 Å². The van der Waals surface area contributed by atoms with Crippen LogP contribution in [0.15, 0.2) is 27.4 Å². The number of carbonyl (C=O) groups is 1. The van der Waals surface area contributed by atoms with Crippen LogP contribution in [-0.4, -0.2) is 23.6 Å². The summed E-state index contributed by atoms with van der Waals surface area (Å²) in [5, 5.41) is 2.76. The summed E-state index contributed by atoms with van der Waals surface area (Å²) >= 11 is 0. The lowest BCUT2D eigenvalue weighted by Gasteiger charge is -2.13. The van der Waals surface area contributed by atoms with Gasteiger partial charge in [-0.2, -0.15) is 0 Å². The molecule has 1 heterocycles. The minimum Gasteiger partial charge on any atom is -0.408 e. The van der Waals surface area contributed by atoms with Gasteiger partial charge in [-0.3, -0.25) is 9.78 Å². The molecule has 0 bridgehead atoms. The molecule has 1 unspecified atom stereocenters. The minimum absolute atomic E-state index is 0.198. The van der Waals surface area contributed by atoms with E-state index in [1.165, 1.54) is 12.8 Å². The Kier molecular flexibility index (Phi) is 3.31. The molecule has 0 aliphatic heterocycles. The number of rotatable bonds is 5. The lowest BCUT2D eigenvalue weighted by molar-refractivity contribution is -0.126. The maximum Gasteiger partial charge on any atom is 0.417 e. The highest BCUT2D eigenvalue weighted by Crippen LogP contribution is 2.29. The van der Waals surface area contributed by atoms with Gasteiger partial charge in [0.2, 0.25) is 0 Å². The summed E-state index contributed by atoms with van der Waals surface area (Å²) in [6.07, 6.45) is 1.90. The molecule has 1 saturated carbocycles. The maximum absolute atomic E-state index is 12.0. The second-order valence-electron chi connectivity index (χ2n) is 5.13. The number of hydrogen-bond acceptors (Lipinski definition) is 4. The highest BCUT2D eigenvalue weighted by molar-refractivity contribution is 5.95. The molecule has 6 nitrogen and oxygen atoms in total. The van der Waals surface area contributed by atoms with E-state index in [1.807, 2.05) is 0 Å². The van der Waals surface area contributed by atoms with E-state index in [0.717, 1.165) is 0 Å². The number of H-pyrrole nitrogens is 1. The number of ether oxygens (including phenoxy) is 1. The molecule has 2 aromatic rings. The Morgan fingerprint density at radius 1 is 1.55 bits per heavy atom. The molecule has 106 valence electrons. The quantitative estimate of drug-likeness (QED) is 0.873. The average molecular weight is 276 g/mol. The van der Waals surface area contributed by atoms with Gasteiger partial charge in [0.15, 0.2) is 5.58 Å². The number of amides is 1. The first-order valence-corrected chi connectivity index (χ1v) is 6.67. The molecule has 0 spiro atoms. The van der Waals surface area contributed by atoms with Gasteiger partial charge in [-0.15, -0.1) is 0 Å². The van der Waals surface area contributed by atoms with Gasteiger partial charge >= 0.3 is 5.76 Å². The first-order valence-electron chi connectivity index (χ1n) is 6.67. The maximum atomic E-state index is 12.0. The molecule has 1 aliphatic carbocycles. The van der Waals surface area contributed by atoms with Crippen LogP contribution in [0.3, 0.4) is 0 Å². The molecule has 3 rings (SSSR count). The Balaban J connectivity index is 1.64. The predicted octanol–water partition coefficient (Wildman–Crippen LogP) is 1.87. The van der Waals surface area contributed by atoms with Crippen molar-refractivity contribution in [2.24, 2.45) is 5.92 Å². The Morgan fingerprint density at radius 3 is 3.10 bits per heavy atom. The molecule has 1 atom stereocenters. The van der Waals surface area contributed by atoms with E-state index in [1.54, 1.807) is 25.1 Å². The third-order valence-electron chi connectivity index (χ3n) is 3.33. The first kappa shape index (κ1) is 12.9. The number of fused-ring (bicyclic) bond motifs is 1. The SMILES string of the molecule is CC(OCC1CC1)C(=O)Nc1ccc2oc(=O)[nH]c2c1. The van der Waals surface area contributed by atoms with Crippen LogP contribution in [0.2, 0.25) is 0 Å². The Hall–Kier alpha value is -2.08. The van der Waals surface area contributed by atoms with Crippen LogP contribution in [0.5, 0.6) is 0 Å². The lowest BCUT2D eigenvalue weighted by atomic mass is 10.2. The van der Waals surface area contributed by atoms with Crippen molar-refractivity contribution in [3.63, 3.8) is 0 Å². The summed E-state index contributed by atoms with van der Waals surface area (Å²) in [5.41, 5.74) is 1.62. The van der Waals surface area contributed by atoms with Crippen LogP contribution in [0.25, 0.3) is 11.1 Å². The zero-order valence-corrected chi connectivity index (χ0v) is 11.1. The number of nitrogens with one attached hydrogen (secondary N) is 2. The van der Waals surface area contributed by atoms with Crippen molar-refractivity contribution in [2.75, 3.05) is 11.9 Å². The van der Waals surface area contributed by atoms with Crippen LogP contribution in [0.1, 0.15) is 19.8 Å². The van der Waals surface area contributed by atoms with E-state index in [0.29, 0.717) is 29.3 Å². The molecule has 1 aliphatic rings. The number of aromatic nitrogens is 1. The van der Waals surface area contributed by atoms with Crippen molar-refractivity contribution in [2.45, 2.75) is 25.9 Å². The Morgan fingerprint density at radius 2 is 2.35 bits per heavy atom. The van der Waals surface area contributed by atoms with E-state index in [2.05, 4.69) is 10.3 Å². The molecular weight excluding hydrogens is 260 g/mol. The monoisotopic (exact) mass is 276 g/mol. The van der Waals surface area contributed by atoms with E-state index >= 15 is 0 Å². The van der Waals surface area contributed by atoms with Gasteiger partial charge in [-0.25, -0.2) is 4.79 Å². The summed E-state index contributed by atoms with van der Waals surface area (Å²) in [4.78, 5) is 25.6. The van der Waals surface area contributed by atoms with E-state index < -0.39 is 11.9 Å². The number of oxazole rings is 1. The molecule has 2 N–H and O–H groups in total. The number of benzene rings is 1. The molecule has 6 heteroatoms. The third-order valence-corrected chi connectivity index (χ3v) is 3.33. The van der Waals surface area contributed by atoms with E-state index in [9.17, 15) is 9.59 Å². The molecule has 20 heavy (non-hydrogen) atoms. The van der Waals surface area contributed by atoms with Gasteiger partial charge in [-0.1, -0.05) is 0 Å². The van der Waals surface area contributed by atoms with Crippen molar-refractivity contribution < 1.29 is 13.9 Å². The van der Waals surface area contributed by atoms with Crippen LogP contribution in [-0.2, 0) is 9.53 Å². The van der Waals surface area contributed by atoms with E-state index in [-0.39, 0.29) is 5.91 Å². The van der Waals surface area contributed by atoms with Gasteiger partial charge in [0.25, 0.3) is 5.91 Å². The molecule has 1 fully saturated rings. The van der Waals surface area contributed by atoms with Gasteiger partial charge in [0, 0.05) is 5.69 Å². The molecule has 0 radical (unpaired) electrons. The molecule has 1 aromatic heterocycles. The standard InChI is InChI=1S/C14H16N2O4/c1-8(19-7-9-2-3-9)13(17)15-10-4-5-12-11(6-10)16-14(18)20-12/h4-6,8-9H,2-3,7H2,1H3,(H,15,17)(H,16,18). The average Bonchev–Trinajstić information content (AvgIpc) is 3.16. The van der Waals surface area contributed by atoms with Crippen molar-refractivity contribution in [3.05, 3.63) is 28.7 Å². The predicted molar refractivity (Wildman–Crippen MR) is 73.6 cm³/mol. The fourth-order valence-corrected chi connectivity index (χ4v) is 1.91. The first-order chi connectivity index (χ1) is 9.61. The highest BCUT2D eigenvalue weighted by Gasteiger charge is 2.24. The van der Waals surface area contributed by atoms with Gasteiger partial charge in [-0.05, 0) is 43.9 Å². The molecule has 1 aromatic carbocycles. The summed E-state index contributed by atoms with van der Waals surface area (Å²) in [6.45, 7) is 2.37. The van der Waals surface area contributed by atoms with Crippen molar-refractivity contribution in [1.29, 1.82) is 0 Å². The fourth-order valence-electron chi connectivity index (χ4n) is 1.91. The summed E-state index contributed by atoms with van der Waals surface area (Å²) in [5.74, 6) is -0.0851. The zero-order valence-electron chi connectivity index (χ0n) is 11.1. The van der Waals surface area contributed by atoms with Crippen molar-refractivity contribution in [1.82, 2.24) is 4.98 Å². The second-order valence-corrected chi connectivity index (χ2v) is 5.13. The highest BCUT2D eigenvalue weighted by atomic mass is 16.5. The summed E-state index contributed by atoms with van der Waals surface area (Å²) in [7, 11) is 0. The number of anilines is 1. The fraction of sp³-hybridized carbons (Fsp3) is 0.429. The van der Waals surface area contributed by atoms with Crippen LogP contribution >= 0.6 is 0 Å². The van der Waals surface area contributed by atoms with Crippen molar-refractivity contribution >= 4 is 22.7 Å². The minimum atomic E-state index is -0.510. The van der Waals surface area contributed by atoms with Gasteiger partial charge in [0.05, 0.1) is 12.1 Å². The number of carbonyl (C=O) groups excluding carboxylic acids is 1. The molecule has 0 saturated heterocycles. The zero-order chi connectivity index (χ0) is 14.1. The van der Waals surface area contributed by atoms with Crippen LogP contribution in [0.4, 0.5) is 5.69 Å². The van der Waals surface area contributed by atoms with Gasteiger partial charge in [0.1, 0.15) is 6.10 Å². The number of aromatic amines is 1. The molecular formula is C14H16N2O4. The third kappa shape index (κ3) is 2.91. The normalized spacial score (nSPS) is 16.2. The number of hydrogen-bond donors (Lipinski definition) is 2. The second kappa shape index (κ2) is 5.13. The summed E-state index contributed by atoms with van der Waals surface area (Å²) < 4.78 is 10.4. The largest absolute Gasteiger partial charge is 0.417 e. The molecule has 1 amide bonds.